The number of ether oxygens (including phenoxy) is 1. The first-order valence-corrected chi connectivity index (χ1v) is 12.2. The van der Waals surface area contributed by atoms with Crippen LogP contribution in [0.4, 0.5) is 10.1 Å². The third kappa shape index (κ3) is 6.12. The smallest absolute Gasteiger partial charge is 0.251 e. The van der Waals surface area contributed by atoms with Crippen molar-refractivity contribution in [2.45, 2.75) is 45.8 Å². The van der Waals surface area contributed by atoms with E-state index in [1.807, 2.05) is 69.3 Å². The maximum Gasteiger partial charge on any atom is 0.251 e. The number of rotatable bonds is 5. The van der Waals surface area contributed by atoms with E-state index in [0.717, 1.165) is 11.1 Å². The number of hydrogen-bond donors (Lipinski definition) is 2. The number of nitrogens with zero attached hydrogens (tertiary/aromatic N) is 2. The van der Waals surface area contributed by atoms with Crippen molar-refractivity contribution >= 4 is 23.3 Å². The highest BCUT2D eigenvalue weighted by molar-refractivity contribution is 6.13. The zero-order valence-electron chi connectivity index (χ0n) is 21.4. The second kappa shape index (κ2) is 11.2. The number of nitrogens with one attached hydrogen (secondary N) is 1. The Bertz CT molecular complexity index is 1360. The van der Waals surface area contributed by atoms with E-state index in [-0.39, 0.29) is 17.8 Å². The van der Waals surface area contributed by atoms with E-state index in [9.17, 15) is 9.18 Å². The molecule has 7 heteroatoms. The van der Waals surface area contributed by atoms with E-state index in [2.05, 4.69) is 5.32 Å². The standard InChI is InChI=1S/C30H31FN4O2/c1-18(2)37-30-27(34-29(36)22-10-8-9-19(3)17-22)26(21-13-15-23(31)16-14-21)25(20(4)32)28(35-30)33-24-11-6-5-7-12-24/h5-18,26-27H,32H2,1-4H3,(H,34,36)/b25-20-,33-28?/t26-,27-/m0/s1. The van der Waals surface area contributed by atoms with Crippen LogP contribution in [0.1, 0.15) is 48.2 Å². The molecule has 1 aliphatic rings. The van der Waals surface area contributed by atoms with Gasteiger partial charge in [0.1, 0.15) is 11.9 Å². The lowest BCUT2D eigenvalue weighted by atomic mass is 9.80. The van der Waals surface area contributed by atoms with Crippen molar-refractivity contribution in [2.24, 2.45) is 15.7 Å². The molecule has 0 spiro atoms. The predicted molar refractivity (Wildman–Crippen MR) is 146 cm³/mol. The van der Waals surface area contributed by atoms with Gasteiger partial charge in [-0.15, -0.1) is 0 Å². The van der Waals surface area contributed by atoms with Crippen LogP contribution in [0, 0.1) is 12.7 Å². The van der Waals surface area contributed by atoms with Crippen LogP contribution in [0.25, 0.3) is 0 Å². The summed E-state index contributed by atoms with van der Waals surface area (Å²) >= 11 is 0. The predicted octanol–water partition coefficient (Wildman–Crippen LogP) is 5.82. The Morgan fingerprint density at radius 1 is 1.05 bits per heavy atom. The van der Waals surface area contributed by atoms with Gasteiger partial charge in [0.05, 0.1) is 11.8 Å². The molecule has 0 radical (unpaired) electrons. The largest absolute Gasteiger partial charge is 0.476 e. The summed E-state index contributed by atoms with van der Waals surface area (Å²) < 4.78 is 20.1. The molecule has 4 rings (SSSR count). The lowest BCUT2D eigenvalue weighted by Gasteiger charge is -2.35. The summed E-state index contributed by atoms with van der Waals surface area (Å²) in [7, 11) is 0. The van der Waals surface area contributed by atoms with Crippen molar-refractivity contribution in [3.8, 4) is 0 Å². The van der Waals surface area contributed by atoms with Crippen LogP contribution in [-0.2, 0) is 4.74 Å². The molecule has 190 valence electrons. The Labute approximate surface area is 216 Å². The Morgan fingerprint density at radius 2 is 1.76 bits per heavy atom. The molecule has 6 nitrogen and oxygen atoms in total. The summed E-state index contributed by atoms with van der Waals surface area (Å²) in [5, 5.41) is 3.12. The molecule has 0 unspecified atom stereocenters. The number of allylic oxidation sites excluding steroid dienone is 1. The number of aliphatic imine (C=N–C) groups is 2. The van der Waals surface area contributed by atoms with Crippen LogP contribution in [0.5, 0.6) is 0 Å². The first-order chi connectivity index (χ1) is 17.7. The monoisotopic (exact) mass is 498 g/mol. The molecule has 0 aliphatic carbocycles. The first-order valence-electron chi connectivity index (χ1n) is 12.2. The van der Waals surface area contributed by atoms with E-state index in [1.165, 1.54) is 12.1 Å². The van der Waals surface area contributed by atoms with Crippen molar-refractivity contribution in [2.75, 3.05) is 0 Å². The number of hydrogen-bond acceptors (Lipinski definition) is 4. The molecule has 0 bridgehead atoms. The van der Waals surface area contributed by atoms with E-state index < -0.39 is 12.0 Å². The summed E-state index contributed by atoms with van der Waals surface area (Å²) in [6.07, 6.45) is -0.214. The maximum atomic E-state index is 13.9. The average Bonchev–Trinajstić information content (AvgIpc) is 2.86. The first kappa shape index (κ1) is 25.8. The summed E-state index contributed by atoms with van der Waals surface area (Å²) in [5.41, 5.74) is 10.5. The molecule has 3 N–H and O–H groups in total. The molecular formula is C30H31FN4O2. The zero-order valence-corrected chi connectivity index (χ0v) is 21.4. The average molecular weight is 499 g/mol. The van der Waals surface area contributed by atoms with Gasteiger partial charge in [-0.25, -0.2) is 9.38 Å². The normalized spacial score (nSPS) is 19.9. The van der Waals surface area contributed by atoms with Gasteiger partial charge in [0.2, 0.25) is 5.90 Å². The lowest BCUT2D eigenvalue weighted by Crippen LogP contribution is -2.50. The second-order valence-electron chi connectivity index (χ2n) is 9.33. The fourth-order valence-corrected chi connectivity index (χ4v) is 4.34. The minimum absolute atomic E-state index is 0.214. The zero-order chi connectivity index (χ0) is 26.5. The fraction of sp³-hybridized carbons (Fsp3) is 0.233. The van der Waals surface area contributed by atoms with Crippen molar-refractivity contribution in [3.63, 3.8) is 0 Å². The van der Waals surface area contributed by atoms with Crippen LogP contribution >= 0.6 is 0 Å². The van der Waals surface area contributed by atoms with Gasteiger partial charge >= 0.3 is 0 Å². The third-order valence-corrected chi connectivity index (χ3v) is 5.94. The molecule has 1 heterocycles. The van der Waals surface area contributed by atoms with Gasteiger partial charge in [0.15, 0.2) is 5.84 Å². The fourth-order valence-electron chi connectivity index (χ4n) is 4.34. The second-order valence-corrected chi connectivity index (χ2v) is 9.33. The molecule has 0 saturated heterocycles. The molecule has 0 saturated carbocycles. The number of nitrogens with two attached hydrogens (primary N) is 1. The van der Waals surface area contributed by atoms with Crippen LogP contribution in [0.2, 0.25) is 0 Å². The van der Waals surface area contributed by atoms with Gasteiger partial charge in [-0.3, -0.25) is 4.79 Å². The number of carbonyl (C=O) groups is 1. The van der Waals surface area contributed by atoms with Gasteiger partial charge < -0.3 is 15.8 Å². The van der Waals surface area contributed by atoms with Crippen molar-refractivity contribution in [1.29, 1.82) is 0 Å². The Morgan fingerprint density at radius 3 is 2.38 bits per heavy atom. The van der Waals surface area contributed by atoms with E-state index >= 15 is 0 Å². The van der Waals surface area contributed by atoms with Gasteiger partial charge in [0.25, 0.3) is 5.91 Å². The number of amides is 1. The van der Waals surface area contributed by atoms with Crippen molar-refractivity contribution in [1.82, 2.24) is 5.32 Å². The third-order valence-electron chi connectivity index (χ3n) is 5.94. The number of halogens is 1. The number of para-hydroxylation sites is 1. The molecule has 3 aromatic carbocycles. The molecule has 2 atom stereocenters. The van der Waals surface area contributed by atoms with E-state index in [0.29, 0.717) is 34.3 Å². The Balaban J connectivity index is 1.91. The van der Waals surface area contributed by atoms with Crippen LogP contribution in [-0.4, -0.2) is 29.8 Å². The molecule has 0 aromatic heterocycles. The summed E-state index contributed by atoms with van der Waals surface area (Å²) in [5.74, 6) is -0.464. The van der Waals surface area contributed by atoms with Gasteiger partial charge in [-0.1, -0.05) is 48.0 Å². The molecule has 3 aromatic rings. The topological polar surface area (TPSA) is 89.1 Å². The van der Waals surface area contributed by atoms with Gasteiger partial charge in [-0.2, -0.15) is 4.99 Å². The van der Waals surface area contributed by atoms with Crippen LogP contribution in [0.15, 0.2) is 100 Å². The highest BCUT2D eigenvalue weighted by Crippen LogP contribution is 2.36. The van der Waals surface area contributed by atoms with Crippen LogP contribution in [0.3, 0.4) is 0 Å². The van der Waals surface area contributed by atoms with E-state index in [4.69, 9.17) is 20.5 Å². The molecular weight excluding hydrogens is 467 g/mol. The molecule has 1 aliphatic heterocycles. The highest BCUT2D eigenvalue weighted by atomic mass is 19.1. The summed E-state index contributed by atoms with van der Waals surface area (Å²) in [4.78, 5) is 23.0. The number of amidine groups is 1. The minimum atomic E-state index is -0.705. The lowest BCUT2D eigenvalue weighted by molar-refractivity contribution is 0.0935. The SMILES string of the molecule is C/C(N)=C1/C(=Nc2ccccc2)N=C(OC(C)C)[C@@H](NC(=O)c2cccc(C)c2)[C@H]1c1ccc(F)cc1. The summed E-state index contributed by atoms with van der Waals surface area (Å²) in [6, 6.07) is 22.2. The Hall–Kier alpha value is -4.26. The number of aryl methyl sites for hydroxylation is 1. The van der Waals surface area contributed by atoms with Crippen molar-refractivity contribution in [3.05, 3.63) is 113 Å². The number of benzene rings is 3. The minimum Gasteiger partial charge on any atom is -0.476 e. The summed E-state index contributed by atoms with van der Waals surface area (Å²) in [6.45, 7) is 7.48. The quantitative estimate of drug-likeness (QED) is 0.465. The van der Waals surface area contributed by atoms with Gasteiger partial charge in [0, 0.05) is 22.8 Å². The highest BCUT2D eigenvalue weighted by Gasteiger charge is 2.41. The Kier molecular flexibility index (Phi) is 7.82. The maximum absolute atomic E-state index is 13.9. The van der Waals surface area contributed by atoms with E-state index in [1.54, 1.807) is 25.1 Å². The molecule has 1 amide bonds. The number of carbonyl (C=O) groups excluding carboxylic acids is 1. The molecule has 37 heavy (non-hydrogen) atoms. The molecule has 0 fully saturated rings. The van der Waals surface area contributed by atoms with Gasteiger partial charge in [-0.05, 0) is 69.7 Å². The van der Waals surface area contributed by atoms with Crippen molar-refractivity contribution < 1.29 is 13.9 Å². The van der Waals surface area contributed by atoms with Crippen LogP contribution < -0.4 is 11.1 Å².